The van der Waals surface area contributed by atoms with Crippen LogP contribution in [0, 0.1) is 0 Å². The largest absolute Gasteiger partial charge is 0.496 e. The Hall–Kier alpha value is -2.61. The molecule has 2 N–H and O–H groups in total. The molecule has 168 valence electrons. The Bertz CT molecular complexity index is 925. The number of hydrogen-bond acceptors (Lipinski definition) is 5. The second kappa shape index (κ2) is 9.68. The summed E-state index contributed by atoms with van der Waals surface area (Å²) in [5.74, 6) is 0.637. The molecule has 1 saturated heterocycles. The van der Waals surface area contributed by atoms with Crippen molar-refractivity contribution in [3.05, 3.63) is 52.7 Å². The van der Waals surface area contributed by atoms with Gasteiger partial charge in [0.15, 0.2) is 0 Å². The van der Waals surface area contributed by atoms with Gasteiger partial charge in [0, 0.05) is 37.5 Å². The number of methoxy groups -OCH3 is 1. The maximum Gasteiger partial charge on any atom is 0.433 e. The predicted molar refractivity (Wildman–Crippen MR) is 113 cm³/mol. The Balaban J connectivity index is 1.76. The highest BCUT2D eigenvalue weighted by Gasteiger charge is 2.34. The molecule has 31 heavy (non-hydrogen) atoms. The molecule has 2 heterocycles. The smallest absolute Gasteiger partial charge is 0.433 e. The summed E-state index contributed by atoms with van der Waals surface area (Å²) in [6, 6.07) is 7.99. The zero-order chi connectivity index (χ0) is 22.6. The second-order valence-electron chi connectivity index (χ2n) is 7.83. The van der Waals surface area contributed by atoms with Crippen molar-refractivity contribution in [1.29, 1.82) is 0 Å². The minimum atomic E-state index is -4.49. The van der Waals surface area contributed by atoms with Crippen molar-refractivity contribution < 1.29 is 22.7 Å². The van der Waals surface area contributed by atoms with Crippen LogP contribution in [0.5, 0.6) is 5.75 Å². The molecule has 1 aliphatic rings. The summed E-state index contributed by atoms with van der Waals surface area (Å²) in [5, 5.41) is 0. The summed E-state index contributed by atoms with van der Waals surface area (Å²) in [6.07, 6.45) is -2.08. The molecule has 1 atom stereocenters. The van der Waals surface area contributed by atoms with Crippen LogP contribution in [0.1, 0.15) is 54.5 Å². The number of hydrogen-bond donors (Lipinski definition) is 1. The van der Waals surface area contributed by atoms with E-state index >= 15 is 0 Å². The van der Waals surface area contributed by atoms with Crippen LogP contribution in [0.3, 0.4) is 0 Å². The first-order chi connectivity index (χ1) is 14.7. The Morgan fingerprint density at radius 1 is 1.19 bits per heavy atom. The van der Waals surface area contributed by atoms with Gasteiger partial charge in [0.2, 0.25) is 0 Å². The van der Waals surface area contributed by atoms with Gasteiger partial charge in [-0.3, -0.25) is 4.79 Å². The Morgan fingerprint density at radius 3 is 2.48 bits per heavy atom. The quantitative estimate of drug-likeness (QED) is 0.663. The number of ketones is 1. The lowest BCUT2D eigenvalue weighted by Crippen LogP contribution is -2.23. The van der Waals surface area contributed by atoms with Crippen LogP contribution in [0.25, 0.3) is 0 Å². The first-order valence-electron chi connectivity index (χ1n) is 10.5. The van der Waals surface area contributed by atoms with Crippen molar-refractivity contribution in [1.82, 2.24) is 4.98 Å². The van der Waals surface area contributed by atoms with Crippen molar-refractivity contribution in [2.45, 2.75) is 51.2 Å². The summed E-state index contributed by atoms with van der Waals surface area (Å²) < 4.78 is 44.8. The van der Waals surface area contributed by atoms with E-state index in [1.807, 2.05) is 30.0 Å². The fraction of sp³-hybridized carbons (Fsp3) is 0.478. The molecule has 2 aromatic rings. The molecule has 0 radical (unpaired) electrons. The topological polar surface area (TPSA) is 68.5 Å². The fourth-order valence-corrected chi connectivity index (χ4v) is 3.89. The van der Waals surface area contributed by atoms with Gasteiger partial charge in [0.1, 0.15) is 23.0 Å². The summed E-state index contributed by atoms with van der Waals surface area (Å²) in [7, 11) is 1.56. The minimum absolute atomic E-state index is 0.00909. The third-order valence-electron chi connectivity index (χ3n) is 5.81. The second-order valence-corrected chi connectivity index (χ2v) is 7.83. The summed E-state index contributed by atoms with van der Waals surface area (Å²) >= 11 is 0. The third-order valence-corrected chi connectivity index (χ3v) is 5.81. The Morgan fingerprint density at radius 2 is 1.87 bits per heavy atom. The van der Waals surface area contributed by atoms with Gasteiger partial charge < -0.3 is 15.4 Å². The van der Waals surface area contributed by atoms with Gasteiger partial charge in [-0.05, 0) is 42.5 Å². The number of benzene rings is 1. The highest BCUT2D eigenvalue weighted by atomic mass is 19.4. The number of rotatable bonds is 8. The number of aryl methyl sites for hydroxylation is 1. The number of ether oxygens (including phenoxy) is 1. The van der Waals surface area contributed by atoms with Gasteiger partial charge in [-0.15, -0.1) is 0 Å². The van der Waals surface area contributed by atoms with Gasteiger partial charge in [0.05, 0.1) is 7.11 Å². The van der Waals surface area contributed by atoms with Crippen LogP contribution in [0.4, 0.5) is 19.0 Å². The molecule has 1 fully saturated rings. The molecular weight excluding hydrogens is 407 g/mol. The Labute approximate surface area is 180 Å². The number of pyridine rings is 1. The fourth-order valence-electron chi connectivity index (χ4n) is 3.89. The molecule has 1 unspecified atom stereocenters. The lowest BCUT2D eigenvalue weighted by molar-refractivity contribution is -0.141. The number of carbonyl (C=O) groups is 1. The number of carbonyl (C=O) groups excluding carboxylic acids is 1. The standard InChI is InChI=1S/C23H28F3N3O2/c1-15(17-5-6-18(14-27)20(13-17)31-2)19(30)9-7-16-8-10-21(23(24,25)26)28-22(16)29-11-3-4-12-29/h5-6,8,10,13,15H,3-4,7,9,11-12,14,27H2,1-2H3. The van der Waals surface area contributed by atoms with Crippen LogP contribution in [-0.2, 0) is 23.9 Å². The van der Waals surface area contributed by atoms with Gasteiger partial charge in [-0.25, -0.2) is 4.98 Å². The molecule has 0 saturated carbocycles. The molecule has 1 aromatic heterocycles. The van der Waals surface area contributed by atoms with Crippen molar-refractivity contribution >= 4 is 11.6 Å². The molecule has 0 amide bonds. The van der Waals surface area contributed by atoms with Crippen LogP contribution >= 0.6 is 0 Å². The number of anilines is 1. The normalized spacial score (nSPS) is 15.2. The average Bonchev–Trinajstić information content (AvgIpc) is 3.30. The van der Waals surface area contributed by atoms with Crippen molar-refractivity contribution in [2.24, 2.45) is 5.73 Å². The summed E-state index contributed by atoms with van der Waals surface area (Å²) in [6.45, 7) is 3.52. The average molecular weight is 435 g/mol. The maximum absolute atomic E-state index is 13.2. The number of Topliss-reactive ketones (excluding diaryl/α,β-unsaturated/α-hetero) is 1. The SMILES string of the molecule is COc1cc(C(C)C(=O)CCc2ccc(C(F)(F)F)nc2N2CCCC2)ccc1CN. The lowest BCUT2D eigenvalue weighted by atomic mass is 9.92. The van der Waals surface area contributed by atoms with Gasteiger partial charge >= 0.3 is 6.18 Å². The van der Waals surface area contributed by atoms with Crippen LogP contribution < -0.4 is 15.4 Å². The number of nitrogens with zero attached hydrogens (tertiary/aromatic N) is 2. The molecule has 0 spiro atoms. The number of alkyl halides is 3. The van der Waals surface area contributed by atoms with E-state index < -0.39 is 11.9 Å². The maximum atomic E-state index is 13.2. The van der Waals surface area contributed by atoms with Crippen molar-refractivity contribution in [3.8, 4) is 5.75 Å². The van der Waals surface area contributed by atoms with Crippen LogP contribution in [-0.4, -0.2) is 31.0 Å². The zero-order valence-electron chi connectivity index (χ0n) is 17.8. The number of aromatic nitrogens is 1. The molecule has 5 nitrogen and oxygen atoms in total. The van der Waals surface area contributed by atoms with Gasteiger partial charge in [0.25, 0.3) is 0 Å². The van der Waals surface area contributed by atoms with E-state index in [9.17, 15) is 18.0 Å². The van der Waals surface area contributed by atoms with E-state index in [2.05, 4.69) is 4.98 Å². The van der Waals surface area contributed by atoms with Gasteiger partial charge in [-0.2, -0.15) is 13.2 Å². The first kappa shape index (κ1) is 23.1. The minimum Gasteiger partial charge on any atom is -0.496 e. The van der Waals surface area contributed by atoms with E-state index in [0.717, 1.165) is 30.0 Å². The molecule has 1 aliphatic heterocycles. The van der Waals surface area contributed by atoms with Gasteiger partial charge in [-0.1, -0.05) is 25.1 Å². The summed E-state index contributed by atoms with van der Waals surface area (Å²) in [4.78, 5) is 18.6. The molecule has 3 rings (SSSR count). The highest BCUT2D eigenvalue weighted by molar-refractivity contribution is 5.85. The molecule has 0 bridgehead atoms. The molecular formula is C23H28F3N3O2. The zero-order valence-corrected chi connectivity index (χ0v) is 17.8. The number of halogens is 3. The molecule has 1 aromatic carbocycles. The summed E-state index contributed by atoms with van der Waals surface area (Å²) in [5.41, 5.74) is 7.16. The van der Waals surface area contributed by atoms with Crippen molar-refractivity contribution in [3.63, 3.8) is 0 Å². The first-order valence-corrected chi connectivity index (χ1v) is 10.5. The Kier molecular flexibility index (Phi) is 7.20. The van der Waals surface area contributed by atoms with Crippen LogP contribution in [0.15, 0.2) is 30.3 Å². The third kappa shape index (κ3) is 5.36. The van der Waals surface area contributed by atoms with E-state index in [4.69, 9.17) is 10.5 Å². The van der Waals surface area contributed by atoms with Crippen molar-refractivity contribution in [2.75, 3.05) is 25.1 Å². The monoisotopic (exact) mass is 435 g/mol. The van der Waals surface area contributed by atoms with E-state index in [1.165, 1.54) is 6.07 Å². The van der Waals surface area contributed by atoms with E-state index in [-0.39, 0.29) is 18.1 Å². The predicted octanol–water partition coefficient (Wildman–Crippen LogP) is 4.47. The van der Waals surface area contributed by atoms with E-state index in [1.54, 1.807) is 7.11 Å². The van der Waals surface area contributed by atoms with E-state index in [0.29, 0.717) is 43.2 Å². The number of nitrogens with two attached hydrogens (primary N) is 1. The molecule has 0 aliphatic carbocycles. The highest BCUT2D eigenvalue weighted by Crippen LogP contribution is 2.33. The van der Waals surface area contributed by atoms with Crippen LogP contribution in [0.2, 0.25) is 0 Å². The molecule has 8 heteroatoms. The lowest BCUT2D eigenvalue weighted by Gasteiger charge is -2.22.